The third-order valence-electron chi connectivity index (χ3n) is 4.11. The Morgan fingerprint density at radius 2 is 2.04 bits per heavy atom. The molecule has 1 aliphatic rings. The van der Waals surface area contributed by atoms with E-state index in [1.807, 2.05) is 0 Å². The number of hydrogen-bond donors (Lipinski definition) is 2. The first-order chi connectivity index (χ1) is 12.4. The van der Waals surface area contributed by atoms with Crippen molar-refractivity contribution in [3.8, 4) is 0 Å². The molecule has 0 spiro atoms. The van der Waals surface area contributed by atoms with Gasteiger partial charge in [0.25, 0.3) is 5.91 Å². The van der Waals surface area contributed by atoms with Gasteiger partial charge in [0, 0.05) is 24.6 Å². The lowest BCUT2D eigenvalue weighted by molar-refractivity contribution is -0.121. The number of carbonyl (C=O) groups excluding carboxylic acids is 2. The number of carbonyl (C=O) groups is 2. The maximum Gasteiger partial charge on any atom is 0.351 e. The summed E-state index contributed by atoms with van der Waals surface area (Å²) in [6.45, 7) is 1.42. The van der Waals surface area contributed by atoms with Crippen molar-refractivity contribution in [1.82, 2.24) is 9.55 Å². The van der Waals surface area contributed by atoms with Gasteiger partial charge in [0.05, 0.1) is 12.2 Å². The van der Waals surface area contributed by atoms with Crippen molar-refractivity contribution in [2.24, 2.45) is 0 Å². The third kappa shape index (κ3) is 4.04. The summed E-state index contributed by atoms with van der Waals surface area (Å²) in [6.07, 6.45) is -0.438. The van der Waals surface area contributed by atoms with E-state index in [1.54, 1.807) is 30.3 Å². The van der Waals surface area contributed by atoms with Crippen LogP contribution < -0.4 is 11.0 Å². The van der Waals surface area contributed by atoms with Gasteiger partial charge >= 0.3 is 5.69 Å². The molecule has 8 nitrogen and oxygen atoms in total. The summed E-state index contributed by atoms with van der Waals surface area (Å²) < 4.78 is 6.84. The number of aliphatic hydroxyl groups is 1. The summed E-state index contributed by atoms with van der Waals surface area (Å²) in [5.41, 5.74) is -0.163. The number of nitrogens with one attached hydrogen (secondary N) is 1. The summed E-state index contributed by atoms with van der Waals surface area (Å²) in [7, 11) is 0. The molecule has 0 saturated carbocycles. The van der Waals surface area contributed by atoms with Gasteiger partial charge in [-0.25, -0.2) is 4.79 Å². The molecule has 2 heterocycles. The molecule has 1 fully saturated rings. The molecule has 1 amide bonds. The van der Waals surface area contributed by atoms with E-state index in [0.717, 1.165) is 0 Å². The number of anilines is 1. The molecule has 0 aliphatic carbocycles. The summed E-state index contributed by atoms with van der Waals surface area (Å²) >= 11 is 0. The van der Waals surface area contributed by atoms with Crippen molar-refractivity contribution in [3.63, 3.8) is 0 Å². The van der Waals surface area contributed by atoms with Crippen molar-refractivity contribution in [2.45, 2.75) is 38.2 Å². The monoisotopic (exact) mass is 357 g/mol. The molecule has 3 atom stereocenters. The van der Waals surface area contributed by atoms with Gasteiger partial charge in [-0.1, -0.05) is 18.2 Å². The smallest absolute Gasteiger partial charge is 0.351 e. The zero-order valence-corrected chi connectivity index (χ0v) is 14.2. The van der Waals surface area contributed by atoms with Crippen molar-refractivity contribution in [1.29, 1.82) is 0 Å². The molecule has 1 saturated heterocycles. The van der Waals surface area contributed by atoms with Gasteiger partial charge in [-0.2, -0.15) is 4.98 Å². The fraction of sp³-hybridized carbons (Fsp3) is 0.333. The molecule has 0 unspecified atom stereocenters. The minimum atomic E-state index is -0.826. The lowest BCUT2D eigenvalue weighted by atomic mass is 10.1. The van der Waals surface area contributed by atoms with Crippen LogP contribution in [-0.2, 0) is 9.53 Å². The van der Waals surface area contributed by atoms with E-state index in [4.69, 9.17) is 4.74 Å². The standard InChI is InChI=1S/C18H19N3O5/c1-11(22)9-14-13(23)10-16(26-14)21-8-7-15(20-18(21)25)19-17(24)12-5-3-2-4-6-12/h2-8,13-14,16,23H,9-10H2,1H3,(H,19,20,24,25)/t13-,14+,16+/m0/s1. The van der Waals surface area contributed by atoms with Crippen molar-refractivity contribution >= 4 is 17.5 Å². The molecule has 8 heteroatoms. The lowest BCUT2D eigenvalue weighted by Crippen LogP contribution is -2.28. The molecule has 0 bridgehead atoms. The van der Waals surface area contributed by atoms with Crippen LogP contribution in [0.15, 0.2) is 47.4 Å². The van der Waals surface area contributed by atoms with Crippen LogP contribution in [0.5, 0.6) is 0 Å². The Balaban J connectivity index is 1.71. The SMILES string of the molecule is CC(=O)C[C@H]1O[C@@H](n2ccc(NC(=O)c3ccccc3)nc2=O)C[C@@H]1O. The number of Topliss-reactive ketones (excluding diaryl/α,β-unsaturated/α-hetero) is 1. The van der Waals surface area contributed by atoms with Crippen LogP contribution in [0.2, 0.25) is 0 Å². The second-order valence-corrected chi connectivity index (χ2v) is 6.16. The number of nitrogens with zero attached hydrogens (tertiary/aromatic N) is 2. The van der Waals surface area contributed by atoms with E-state index in [0.29, 0.717) is 5.56 Å². The van der Waals surface area contributed by atoms with Crippen LogP contribution >= 0.6 is 0 Å². The van der Waals surface area contributed by atoms with Gasteiger partial charge in [-0.15, -0.1) is 0 Å². The molecule has 136 valence electrons. The second-order valence-electron chi connectivity index (χ2n) is 6.16. The maximum atomic E-state index is 12.3. The van der Waals surface area contributed by atoms with Crippen molar-refractivity contribution < 1.29 is 19.4 Å². The molecule has 3 rings (SSSR count). The molecular weight excluding hydrogens is 338 g/mol. The largest absolute Gasteiger partial charge is 0.390 e. The summed E-state index contributed by atoms with van der Waals surface area (Å²) in [6, 6.07) is 10.1. The highest BCUT2D eigenvalue weighted by Gasteiger charge is 2.36. The van der Waals surface area contributed by atoms with Gasteiger partial charge in [0.1, 0.15) is 17.8 Å². The van der Waals surface area contributed by atoms with Crippen LogP contribution in [-0.4, -0.2) is 38.6 Å². The summed E-state index contributed by atoms with van der Waals surface area (Å²) in [4.78, 5) is 39.4. The zero-order chi connectivity index (χ0) is 18.7. The van der Waals surface area contributed by atoms with Crippen LogP contribution in [0.1, 0.15) is 36.4 Å². The van der Waals surface area contributed by atoms with Gasteiger partial charge in [0.2, 0.25) is 0 Å². The fourth-order valence-corrected chi connectivity index (χ4v) is 2.83. The van der Waals surface area contributed by atoms with Crippen LogP contribution in [0.25, 0.3) is 0 Å². The average molecular weight is 357 g/mol. The Morgan fingerprint density at radius 1 is 1.31 bits per heavy atom. The number of ether oxygens (including phenoxy) is 1. The minimum Gasteiger partial charge on any atom is -0.390 e. The predicted molar refractivity (Wildman–Crippen MR) is 92.7 cm³/mol. The highest BCUT2D eigenvalue weighted by atomic mass is 16.5. The second kappa shape index (κ2) is 7.59. The molecule has 1 aliphatic heterocycles. The molecule has 0 radical (unpaired) electrons. The number of aliphatic hydroxyl groups excluding tert-OH is 1. The summed E-state index contributed by atoms with van der Waals surface area (Å²) in [5.74, 6) is -0.345. The topological polar surface area (TPSA) is 111 Å². The minimum absolute atomic E-state index is 0.0884. The Morgan fingerprint density at radius 3 is 2.69 bits per heavy atom. The number of ketones is 1. The van der Waals surface area contributed by atoms with Gasteiger partial charge < -0.3 is 15.2 Å². The number of benzene rings is 1. The number of rotatable bonds is 5. The van der Waals surface area contributed by atoms with E-state index < -0.39 is 24.1 Å². The lowest BCUT2D eigenvalue weighted by Gasteiger charge is -2.15. The highest BCUT2D eigenvalue weighted by molar-refractivity contribution is 6.03. The van der Waals surface area contributed by atoms with Crippen molar-refractivity contribution in [2.75, 3.05) is 5.32 Å². The molecule has 2 aromatic rings. The van der Waals surface area contributed by atoms with Gasteiger partial charge in [0.15, 0.2) is 0 Å². The normalized spacial score (nSPS) is 22.2. The molecule has 2 N–H and O–H groups in total. The first-order valence-corrected chi connectivity index (χ1v) is 8.22. The first-order valence-electron chi connectivity index (χ1n) is 8.22. The van der Waals surface area contributed by atoms with Crippen LogP contribution in [0, 0.1) is 0 Å². The fourth-order valence-electron chi connectivity index (χ4n) is 2.83. The first kappa shape index (κ1) is 18.0. The Kier molecular flexibility index (Phi) is 5.24. The zero-order valence-electron chi connectivity index (χ0n) is 14.2. The van der Waals surface area contributed by atoms with E-state index in [9.17, 15) is 19.5 Å². The number of amides is 1. The Bertz CT molecular complexity index is 865. The highest BCUT2D eigenvalue weighted by Crippen LogP contribution is 2.29. The number of hydrogen-bond acceptors (Lipinski definition) is 6. The molecule has 1 aromatic carbocycles. The summed E-state index contributed by atoms with van der Waals surface area (Å²) in [5, 5.41) is 12.6. The Labute approximate surface area is 149 Å². The van der Waals surface area contributed by atoms with E-state index >= 15 is 0 Å². The van der Waals surface area contributed by atoms with Crippen LogP contribution in [0.4, 0.5) is 5.82 Å². The number of aromatic nitrogens is 2. The molecule has 26 heavy (non-hydrogen) atoms. The maximum absolute atomic E-state index is 12.3. The predicted octanol–water partition coefficient (Wildman–Crippen LogP) is 1.12. The van der Waals surface area contributed by atoms with Gasteiger partial charge in [-0.3, -0.25) is 14.2 Å². The van der Waals surface area contributed by atoms with E-state index in [2.05, 4.69) is 10.3 Å². The average Bonchev–Trinajstić information content (AvgIpc) is 2.95. The van der Waals surface area contributed by atoms with Crippen molar-refractivity contribution in [3.05, 3.63) is 58.6 Å². The van der Waals surface area contributed by atoms with E-state index in [-0.39, 0.29) is 30.3 Å². The molecular formula is C18H19N3O5. The van der Waals surface area contributed by atoms with Crippen LogP contribution in [0.3, 0.4) is 0 Å². The van der Waals surface area contributed by atoms with Gasteiger partial charge in [-0.05, 0) is 25.1 Å². The quantitative estimate of drug-likeness (QED) is 0.830. The third-order valence-corrected chi connectivity index (χ3v) is 4.11. The Hall–Kier alpha value is -2.84. The molecule has 1 aromatic heterocycles. The van der Waals surface area contributed by atoms with E-state index in [1.165, 1.54) is 23.8 Å².